The van der Waals surface area contributed by atoms with Crippen molar-refractivity contribution in [2.24, 2.45) is 0 Å². The predicted molar refractivity (Wildman–Crippen MR) is 118 cm³/mol. The maximum Gasteiger partial charge on any atom is 0.416 e. The summed E-state index contributed by atoms with van der Waals surface area (Å²) in [4.78, 5) is 31.2. The van der Waals surface area contributed by atoms with E-state index in [1.54, 1.807) is 41.6 Å². The summed E-state index contributed by atoms with van der Waals surface area (Å²) in [6, 6.07) is 13.2. The van der Waals surface area contributed by atoms with E-state index in [2.05, 4.69) is 10.3 Å². The van der Waals surface area contributed by atoms with Crippen LogP contribution >= 0.6 is 0 Å². The van der Waals surface area contributed by atoms with Crippen LogP contribution in [0.25, 0.3) is 0 Å². The van der Waals surface area contributed by atoms with Crippen molar-refractivity contribution >= 4 is 17.5 Å². The molecule has 2 heterocycles. The third-order valence-corrected chi connectivity index (χ3v) is 5.81. The first-order chi connectivity index (χ1) is 15.7. The minimum atomic E-state index is -4.49. The summed E-state index contributed by atoms with van der Waals surface area (Å²) in [7, 11) is 0. The van der Waals surface area contributed by atoms with Crippen molar-refractivity contribution in [3.8, 4) is 0 Å². The molecule has 1 atom stereocenters. The lowest BCUT2D eigenvalue weighted by molar-refractivity contribution is -0.137. The molecule has 2 amide bonds. The molecular weight excluding hydrogens is 431 g/mol. The first-order valence-electron chi connectivity index (χ1n) is 10.5. The molecule has 1 aromatic heterocycles. The van der Waals surface area contributed by atoms with E-state index in [9.17, 15) is 22.8 Å². The van der Waals surface area contributed by atoms with Crippen LogP contribution in [0.3, 0.4) is 0 Å². The van der Waals surface area contributed by atoms with Gasteiger partial charge >= 0.3 is 6.18 Å². The molecule has 0 radical (unpaired) electrons. The normalized spacial score (nSPS) is 16.0. The van der Waals surface area contributed by atoms with E-state index in [4.69, 9.17) is 0 Å². The minimum Gasteiger partial charge on any atom is -0.338 e. The Hall–Kier alpha value is -3.68. The Bertz CT molecular complexity index is 1180. The summed E-state index contributed by atoms with van der Waals surface area (Å²) in [6.45, 7) is 3.06. The number of aryl methyl sites for hydroxylation is 1. The van der Waals surface area contributed by atoms with Gasteiger partial charge in [0.1, 0.15) is 0 Å². The summed E-state index contributed by atoms with van der Waals surface area (Å²) in [5.74, 6) is -0.509. The van der Waals surface area contributed by atoms with Crippen LogP contribution in [0.4, 0.5) is 18.9 Å². The van der Waals surface area contributed by atoms with Gasteiger partial charge in [-0.05, 0) is 66.9 Å². The number of halogens is 3. The average molecular weight is 453 g/mol. The molecule has 1 fully saturated rings. The van der Waals surface area contributed by atoms with Crippen molar-refractivity contribution in [3.63, 3.8) is 0 Å². The number of alkyl halides is 3. The molecule has 0 spiro atoms. The van der Waals surface area contributed by atoms with Crippen LogP contribution in [0.5, 0.6) is 0 Å². The molecule has 0 saturated carbocycles. The van der Waals surface area contributed by atoms with Gasteiger partial charge in [-0.15, -0.1) is 0 Å². The summed E-state index contributed by atoms with van der Waals surface area (Å²) in [6.07, 6.45) is -0.576. The first-order valence-corrected chi connectivity index (χ1v) is 10.5. The lowest BCUT2D eigenvalue weighted by Gasteiger charge is -2.18. The average Bonchev–Trinajstić information content (AvgIpc) is 3.29. The van der Waals surface area contributed by atoms with Crippen molar-refractivity contribution in [1.82, 2.24) is 9.88 Å². The smallest absolute Gasteiger partial charge is 0.338 e. The molecule has 3 aromatic rings. The lowest BCUT2D eigenvalue weighted by Crippen LogP contribution is -2.28. The second-order valence-electron chi connectivity index (χ2n) is 8.08. The molecule has 0 aliphatic carbocycles. The number of benzene rings is 2. The predicted octanol–water partition coefficient (Wildman–Crippen LogP) is 5.29. The number of pyridine rings is 1. The number of anilines is 1. The van der Waals surface area contributed by atoms with E-state index in [0.29, 0.717) is 24.2 Å². The number of hydrogen-bond acceptors (Lipinski definition) is 3. The highest BCUT2D eigenvalue weighted by Gasteiger charge is 2.31. The Morgan fingerprint density at radius 1 is 1.06 bits per heavy atom. The van der Waals surface area contributed by atoms with Gasteiger partial charge in [0, 0.05) is 42.7 Å². The number of nitrogens with one attached hydrogen (secondary N) is 1. The van der Waals surface area contributed by atoms with Crippen LogP contribution in [0.15, 0.2) is 67.0 Å². The third-order valence-electron chi connectivity index (χ3n) is 5.81. The van der Waals surface area contributed by atoms with Gasteiger partial charge in [0.2, 0.25) is 0 Å². The fraction of sp³-hybridized carbons (Fsp3) is 0.240. The molecule has 1 saturated heterocycles. The van der Waals surface area contributed by atoms with Gasteiger partial charge in [-0.1, -0.05) is 12.1 Å². The number of carbonyl (C=O) groups excluding carboxylic acids is 2. The van der Waals surface area contributed by atoms with Crippen LogP contribution < -0.4 is 5.32 Å². The van der Waals surface area contributed by atoms with E-state index in [0.717, 1.165) is 29.7 Å². The van der Waals surface area contributed by atoms with Gasteiger partial charge in [0.05, 0.1) is 11.1 Å². The van der Waals surface area contributed by atoms with Gasteiger partial charge in [-0.3, -0.25) is 14.6 Å². The Kier molecular flexibility index (Phi) is 6.18. The fourth-order valence-electron chi connectivity index (χ4n) is 4.07. The third kappa shape index (κ3) is 5.05. The Labute approximate surface area is 189 Å². The molecular formula is C25H22F3N3O2. The number of aromatic nitrogens is 1. The van der Waals surface area contributed by atoms with E-state index in [1.165, 1.54) is 12.1 Å². The minimum absolute atomic E-state index is 0.0620. The highest BCUT2D eigenvalue weighted by molar-refractivity contribution is 6.04. The van der Waals surface area contributed by atoms with E-state index < -0.39 is 17.6 Å². The second kappa shape index (κ2) is 9.05. The van der Waals surface area contributed by atoms with Crippen molar-refractivity contribution in [3.05, 3.63) is 94.8 Å². The van der Waals surface area contributed by atoms with E-state index in [1.807, 2.05) is 13.0 Å². The summed E-state index contributed by atoms with van der Waals surface area (Å²) < 4.78 is 38.9. The molecule has 170 valence electrons. The van der Waals surface area contributed by atoms with Crippen LogP contribution in [0.1, 0.15) is 49.7 Å². The van der Waals surface area contributed by atoms with E-state index in [-0.39, 0.29) is 17.5 Å². The summed E-state index contributed by atoms with van der Waals surface area (Å²) >= 11 is 0. The van der Waals surface area contributed by atoms with Crippen LogP contribution in [-0.2, 0) is 6.18 Å². The standard InChI is InChI=1S/C25H22F3N3O2/c1-16-7-8-17(23(32)30-21-6-2-5-20(13-21)25(26,27)28)12-22(16)19-9-11-31(15-19)24(33)18-4-3-10-29-14-18/h2-8,10,12-14,19H,9,11,15H2,1H3,(H,30,32). The van der Waals surface area contributed by atoms with Gasteiger partial charge in [-0.25, -0.2) is 0 Å². The highest BCUT2D eigenvalue weighted by Crippen LogP contribution is 2.32. The molecule has 33 heavy (non-hydrogen) atoms. The molecule has 0 bridgehead atoms. The van der Waals surface area contributed by atoms with Crippen LogP contribution in [-0.4, -0.2) is 34.8 Å². The number of likely N-dealkylation sites (tertiary alicyclic amines) is 1. The van der Waals surface area contributed by atoms with Crippen LogP contribution in [0.2, 0.25) is 0 Å². The molecule has 5 nitrogen and oxygen atoms in total. The topological polar surface area (TPSA) is 62.3 Å². The number of amides is 2. The molecule has 4 rings (SSSR count). The van der Waals surface area contributed by atoms with E-state index >= 15 is 0 Å². The quantitative estimate of drug-likeness (QED) is 0.584. The monoisotopic (exact) mass is 453 g/mol. The van der Waals surface area contributed by atoms with Gasteiger partial charge < -0.3 is 10.2 Å². The first kappa shape index (κ1) is 22.5. The molecule has 8 heteroatoms. The zero-order chi connectivity index (χ0) is 23.6. The van der Waals surface area contributed by atoms with Crippen molar-refractivity contribution in [2.75, 3.05) is 18.4 Å². The van der Waals surface area contributed by atoms with Crippen molar-refractivity contribution in [2.45, 2.75) is 25.4 Å². The number of hydrogen-bond donors (Lipinski definition) is 1. The molecule has 1 unspecified atom stereocenters. The molecule has 2 aromatic carbocycles. The summed E-state index contributed by atoms with van der Waals surface area (Å²) in [5.41, 5.74) is 2.08. The second-order valence-corrected chi connectivity index (χ2v) is 8.08. The Balaban J connectivity index is 1.49. The lowest BCUT2D eigenvalue weighted by atomic mass is 9.92. The SMILES string of the molecule is Cc1ccc(C(=O)Nc2cccc(C(F)(F)F)c2)cc1C1CCN(C(=O)c2cccnc2)C1. The zero-order valence-corrected chi connectivity index (χ0v) is 17.9. The molecule has 1 aliphatic heterocycles. The fourth-order valence-corrected chi connectivity index (χ4v) is 4.07. The van der Waals surface area contributed by atoms with Gasteiger partial charge in [-0.2, -0.15) is 13.2 Å². The molecule has 1 N–H and O–H groups in total. The largest absolute Gasteiger partial charge is 0.416 e. The number of rotatable bonds is 4. The maximum atomic E-state index is 13.0. The Morgan fingerprint density at radius 2 is 1.88 bits per heavy atom. The van der Waals surface area contributed by atoms with Crippen LogP contribution in [0, 0.1) is 6.92 Å². The maximum absolute atomic E-state index is 13.0. The highest BCUT2D eigenvalue weighted by atomic mass is 19.4. The zero-order valence-electron chi connectivity index (χ0n) is 17.9. The van der Waals surface area contributed by atoms with Crippen molar-refractivity contribution in [1.29, 1.82) is 0 Å². The van der Waals surface area contributed by atoms with Gasteiger partial charge in [0.25, 0.3) is 11.8 Å². The van der Waals surface area contributed by atoms with Gasteiger partial charge in [0.15, 0.2) is 0 Å². The van der Waals surface area contributed by atoms with Crippen molar-refractivity contribution < 1.29 is 22.8 Å². The number of nitrogens with zero attached hydrogens (tertiary/aromatic N) is 2. The number of carbonyl (C=O) groups is 2. The summed E-state index contributed by atoms with van der Waals surface area (Å²) in [5, 5.41) is 2.55. The molecule has 1 aliphatic rings. The Morgan fingerprint density at radius 3 is 2.61 bits per heavy atom.